The summed E-state index contributed by atoms with van der Waals surface area (Å²) < 4.78 is 17.8. The van der Waals surface area contributed by atoms with Gasteiger partial charge in [-0.2, -0.15) is 7.11 Å². The van der Waals surface area contributed by atoms with Crippen LogP contribution in [0.2, 0.25) is 0 Å². The molecule has 0 atom stereocenters. The summed E-state index contributed by atoms with van der Waals surface area (Å²) in [5.74, 6) is 0.448. The first-order valence-corrected chi connectivity index (χ1v) is 23.7. The Morgan fingerprint density at radius 2 is 1.08 bits per heavy atom. The first kappa shape index (κ1) is 45.5. The van der Waals surface area contributed by atoms with E-state index in [9.17, 15) is 1.37 Å². The third-order valence-electron chi connectivity index (χ3n) is 13.2. The fourth-order valence-electron chi connectivity index (χ4n) is 9.84. The predicted molar refractivity (Wildman–Crippen MR) is 291 cm³/mol. The standard InChI is InChI=1S/C66H51N3O.Pt/c1-43(2)57-41-59(51-25-16-9-17-26-51)63(42-58(57)50-23-14-8-15-24-50)69-62-28-18-27-56(64(62)68-66(69)60-36-44(3)35-45(4)65(60)70-5)54-37-53(47-21-12-7-13-22-47)38-55(39-54)61-40-52(33-34-67-61)49-31-29-48(30-32-49)46-19-10-6-11-20-46;/h6-38,40-43H,5H2,1-4H3;/q-2;+2/i43D;. The molecule has 0 fully saturated rings. The molecule has 5 heteroatoms. The van der Waals surface area contributed by atoms with Crippen LogP contribution in [0.15, 0.2) is 219 Å². The number of pyridine rings is 1. The van der Waals surface area contributed by atoms with Crippen LogP contribution in [0.4, 0.5) is 0 Å². The Labute approximate surface area is 433 Å². The molecule has 0 aliphatic rings. The van der Waals surface area contributed by atoms with Gasteiger partial charge in [0.05, 0.1) is 28.0 Å². The number of aryl methyl sites for hydroxylation is 2. The Morgan fingerprint density at radius 3 is 1.70 bits per heavy atom. The first-order valence-electron chi connectivity index (χ1n) is 24.2. The zero-order chi connectivity index (χ0) is 48.6. The molecule has 0 aliphatic heterocycles. The van der Waals surface area contributed by atoms with Crippen molar-refractivity contribution in [3.05, 3.63) is 248 Å². The molecule has 0 saturated carbocycles. The summed E-state index contributed by atoms with van der Waals surface area (Å²) in [5, 5.41) is 0. The van der Waals surface area contributed by atoms with E-state index < -0.39 is 5.89 Å². The molecule has 71 heavy (non-hydrogen) atoms. The van der Waals surface area contributed by atoms with Gasteiger partial charge in [0.1, 0.15) is 5.82 Å². The number of hydrogen-bond acceptors (Lipinski definition) is 3. The average Bonchev–Trinajstić information content (AvgIpc) is 3.81. The molecule has 0 amide bonds. The normalized spacial score (nSPS) is 11.5. The van der Waals surface area contributed by atoms with Gasteiger partial charge in [0, 0.05) is 18.8 Å². The number of benzene rings is 9. The van der Waals surface area contributed by atoms with Crippen LogP contribution in [0.1, 0.15) is 37.8 Å². The van der Waals surface area contributed by atoms with E-state index in [1.165, 1.54) is 11.1 Å². The van der Waals surface area contributed by atoms with Crippen LogP contribution in [-0.2, 0) is 21.1 Å². The van der Waals surface area contributed by atoms with Crippen LogP contribution in [0, 0.1) is 27.0 Å². The number of fused-ring (bicyclic) bond motifs is 1. The largest absolute Gasteiger partial charge is 2.00 e. The summed E-state index contributed by atoms with van der Waals surface area (Å²) in [6.45, 7) is 8.08. The number of ether oxygens (including phenoxy) is 1. The molecule has 0 aliphatic carbocycles. The Balaban J connectivity index is 0.00000596. The van der Waals surface area contributed by atoms with Crippen LogP contribution in [0.3, 0.4) is 0 Å². The van der Waals surface area contributed by atoms with E-state index in [0.29, 0.717) is 11.6 Å². The Hall–Kier alpha value is -7.91. The zero-order valence-electron chi connectivity index (χ0n) is 41.1. The summed E-state index contributed by atoms with van der Waals surface area (Å²) in [6, 6.07) is 78.1. The second-order valence-electron chi connectivity index (χ2n) is 18.1. The number of nitrogens with zero attached hydrogens (tertiary/aromatic N) is 3. The van der Waals surface area contributed by atoms with Crippen molar-refractivity contribution in [3.8, 4) is 101 Å². The molecular formula is C66H51N3OPt. The second-order valence-corrected chi connectivity index (χ2v) is 18.1. The molecule has 11 rings (SSSR count). The van der Waals surface area contributed by atoms with Crippen molar-refractivity contribution in [2.24, 2.45) is 0 Å². The van der Waals surface area contributed by atoms with E-state index in [-0.39, 0.29) is 21.1 Å². The van der Waals surface area contributed by atoms with Crippen molar-refractivity contribution in [3.63, 3.8) is 0 Å². The van der Waals surface area contributed by atoms with Crippen LogP contribution in [0.5, 0.6) is 5.75 Å². The van der Waals surface area contributed by atoms with E-state index in [2.05, 4.69) is 220 Å². The van der Waals surface area contributed by atoms with E-state index in [1.54, 1.807) is 0 Å². The minimum atomic E-state index is -0.915. The smallest absolute Gasteiger partial charge is 0.665 e. The van der Waals surface area contributed by atoms with E-state index in [1.807, 2.05) is 44.3 Å². The molecule has 346 valence electrons. The van der Waals surface area contributed by atoms with Gasteiger partial charge < -0.3 is 4.74 Å². The van der Waals surface area contributed by atoms with E-state index >= 15 is 0 Å². The van der Waals surface area contributed by atoms with Gasteiger partial charge in [0.2, 0.25) is 0 Å². The van der Waals surface area contributed by atoms with Gasteiger partial charge in [0.15, 0.2) is 0 Å². The molecule has 0 saturated heterocycles. The summed E-state index contributed by atoms with van der Waals surface area (Å²) in [5.41, 5.74) is 20.6. The summed E-state index contributed by atoms with van der Waals surface area (Å²) in [7, 11) is 3.96. The molecule has 4 nitrogen and oxygen atoms in total. The second kappa shape index (κ2) is 20.2. The molecule has 0 bridgehead atoms. The van der Waals surface area contributed by atoms with Gasteiger partial charge >= 0.3 is 21.1 Å². The number of rotatable bonds is 11. The fourth-order valence-corrected chi connectivity index (χ4v) is 9.84. The minimum Gasteiger partial charge on any atom is -0.665 e. The number of para-hydroxylation sites is 1. The molecule has 0 N–H and O–H groups in total. The predicted octanol–water partition coefficient (Wildman–Crippen LogP) is 17.5. The monoisotopic (exact) mass is 1100 g/mol. The van der Waals surface area contributed by atoms with Crippen LogP contribution in [0.25, 0.3) is 106 Å². The van der Waals surface area contributed by atoms with Crippen molar-refractivity contribution >= 4 is 11.0 Å². The van der Waals surface area contributed by atoms with Crippen molar-refractivity contribution in [2.45, 2.75) is 33.6 Å². The minimum absolute atomic E-state index is 0. The van der Waals surface area contributed by atoms with Gasteiger partial charge in [-0.1, -0.05) is 200 Å². The quantitative estimate of drug-likeness (QED) is 0.121. The van der Waals surface area contributed by atoms with E-state index in [0.717, 1.165) is 106 Å². The summed E-state index contributed by atoms with van der Waals surface area (Å²) in [4.78, 5) is 10.7. The van der Waals surface area contributed by atoms with Crippen molar-refractivity contribution in [2.75, 3.05) is 0 Å². The fraction of sp³-hybridized carbons (Fsp3) is 0.0758. The first-order chi connectivity index (χ1) is 34.6. The topological polar surface area (TPSA) is 39.9 Å². The third-order valence-corrected chi connectivity index (χ3v) is 13.2. The molecule has 0 radical (unpaired) electrons. The molecule has 2 aromatic heterocycles. The van der Waals surface area contributed by atoms with Gasteiger partial charge in [-0.25, -0.2) is 4.98 Å². The van der Waals surface area contributed by atoms with Crippen LogP contribution < -0.4 is 4.74 Å². The van der Waals surface area contributed by atoms with Gasteiger partial charge in [-0.05, 0) is 111 Å². The van der Waals surface area contributed by atoms with Crippen molar-refractivity contribution < 1.29 is 27.2 Å². The molecule has 0 spiro atoms. The SMILES string of the molecule is [2H]C(C)(C)c1cc(-c2ccccc2)c(-n2c(-c3cc(C)cc(C)c3O[CH2-])nc3c(-c4[c-]c(-c5cc(-c6ccc(-c7ccccc7)cc6)ccn5)cc(-c5ccccc5)c4)cccc32)cc1-c1ccccc1.[Pt+2]. The van der Waals surface area contributed by atoms with Gasteiger partial charge in [0.25, 0.3) is 0 Å². The number of aromatic nitrogens is 3. The summed E-state index contributed by atoms with van der Waals surface area (Å²) in [6.07, 6.45) is 1.89. The zero-order valence-corrected chi connectivity index (χ0v) is 42.3. The molecule has 11 aromatic rings. The van der Waals surface area contributed by atoms with Crippen LogP contribution in [-0.4, -0.2) is 14.5 Å². The molecule has 2 heterocycles. The maximum Gasteiger partial charge on any atom is 2.00 e. The van der Waals surface area contributed by atoms with Crippen molar-refractivity contribution in [1.82, 2.24) is 14.5 Å². The molecular weight excluding hydrogens is 1050 g/mol. The van der Waals surface area contributed by atoms with Crippen LogP contribution >= 0.6 is 0 Å². The molecule has 0 unspecified atom stereocenters. The number of imidazole rings is 1. The third kappa shape index (κ3) is 9.20. The summed E-state index contributed by atoms with van der Waals surface area (Å²) >= 11 is 0. The Bertz CT molecular complexity index is 3720. The average molecular weight is 1100 g/mol. The maximum absolute atomic E-state index is 9.50. The number of hydrogen-bond donors (Lipinski definition) is 0. The molecule has 9 aromatic carbocycles. The van der Waals surface area contributed by atoms with Gasteiger partial charge in [-0.3, -0.25) is 9.55 Å². The van der Waals surface area contributed by atoms with Crippen molar-refractivity contribution in [1.29, 1.82) is 0 Å². The Kier molecular flexibility index (Phi) is 13.0. The Morgan fingerprint density at radius 1 is 0.521 bits per heavy atom. The van der Waals surface area contributed by atoms with E-state index in [4.69, 9.17) is 14.7 Å². The maximum atomic E-state index is 9.50. The van der Waals surface area contributed by atoms with Gasteiger partial charge in [-0.15, -0.1) is 23.8 Å².